The molecule has 14 heteroatoms. The lowest BCUT2D eigenvalue weighted by atomic mass is 9.73. The van der Waals surface area contributed by atoms with Crippen molar-refractivity contribution in [2.75, 3.05) is 49.5 Å². The number of anilines is 2. The van der Waals surface area contributed by atoms with E-state index in [-0.39, 0.29) is 22.7 Å². The second kappa shape index (κ2) is 18.2. The van der Waals surface area contributed by atoms with Crippen LogP contribution in [0.2, 0.25) is 0 Å². The van der Waals surface area contributed by atoms with E-state index in [9.17, 15) is 23.3 Å². The fourth-order valence-electron chi connectivity index (χ4n) is 8.80. The summed E-state index contributed by atoms with van der Waals surface area (Å²) in [4.78, 5) is 37.3. The maximum atomic E-state index is 13.9. The Labute approximate surface area is 353 Å². The number of piperazine rings is 1. The van der Waals surface area contributed by atoms with Gasteiger partial charge in [-0.25, -0.2) is 18.1 Å². The van der Waals surface area contributed by atoms with E-state index >= 15 is 0 Å². The first-order chi connectivity index (χ1) is 28.6. The molecule has 60 heavy (non-hydrogen) atoms. The van der Waals surface area contributed by atoms with Gasteiger partial charge in [0, 0.05) is 68.7 Å². The lowest BCUT2D eigenvalue weighted by molar-refractivity contribution is -0.384. The number of ether oxygens (including phenoxy) is 1. The third kappa shape index (κ3) is 10.6. The summed E-state index contributed by atoms with van der Waals surface area (Å²) in [6.07, 6.45) is 13.2. The number of aromatic nitrogens is 2. The number of hydrogen-bond acceptors (Lipinski definition) is 10. The zero-order valence-electron chi connectivity index (χ0n) is 35.4. The number of aromatic amines is 1. The largest absolute Gasteiger partial charge is 0.455 e. The number of benzene rings is 2. The average Bonchev–Trinajstić information content (AvgIpc) is 3.69. The van der Waals surface area contributed by atoms with Gasteiger partial charge in [0.25, 0.3) is 21.6 Å². The maximum absolute atomic E-state index is 13.9. The molecule has 1 saturated heterocycles. The number of allylic oxidation sites excluding steroid dienone is 2. The van der Waals surface area contributed by atoms with Crippen molar-refractivity contribution in [2.45, 2.75) is 90.4 Å². The first-order valence-electron chi connectivity index (χ1n) is 21.3. The van der Waals surface area contributed by atoms with E-state index in [1.807, 2.05) is 6.07 Å². The van der Waals surface area contributed by atoms with Gasteiger partial charge in [0.2, 0.25) is 0 Å². The summed E-state index contributed by atoms with van der Waals surface area (Å²) < 4.78 is 35.8. The number of pyridine rings is 1. The molecule has 1 amide bonds. The van der Waals surface area contributed by atoms with Crippen molar-refractivity contribution in [1.82, 2.24) is 19.6 Å². The quantitative estimate of drug-likeness (QED) is 0.0597. The van der Waals surface area contributed by atoms with Crippen molar-refractivity contribution in [2.24, 2.45) is 17.3 Å². The van der Waals surface area contributed by atoms with Crippen molar-refractivity contribution < 1.29 is 22.9 Å². The Balaban J connectivity index is 1.08. The highest BCUT2D eigenvalue weighted by atomic mass is 32.2. The van der Waals surface area contributed by atoms with Gasteiger partial charge < -0.3 is 19.9 Å². The second-order valence-corrected chi connectivity index (χ2v) is 19.7. The molecule has 2 fully saturated rings. The molecule has 0 unspecified atom stereocenters. The molecule has 13 nitrogen and oxygen atoms in total. The Kier molecular flexibility index (Phi) is 13.0. The molecule has 3 aliphatic rings. The summed E-state index contributed by atoms with van der Waals surface area (Å²) in [6, 6.07) is 12.4. The van der Waals surface area contributed by atoms with E-state index in [2.05, 4.69) is 64.1 Å². The number of fused-ring (bicyclic) bond motifs is 1. The maximum Gasteiger partial charge on any atom is 0.293 e. The van der Waals surface area contributed by atoms with Crippen molar-refractivity contribution in [3.63, 3.8) is 0 Å². The summed E-state index contributed by atoms with van der Waals surface area (Å²) in [5, 5.41) is 16.1. The van der Waals surface area contributed by atoms with Crippen LogP contribution in [0, 0.1) is 27.4 Å². The zero-order valence-corrected chi connectivity index (χ0v) is 36.2. The van der Waals surface area contributed by atoms with Gasteiger partial charge in [0.1, 0.15) is 22.8 Å². The molecule has 7 rings (SSSR count). The fourth-order valence-corrected chi connectivity index (χ4v) is 9.78. The van der Waals surface area contributed by atoms with Crippen LogP contribution in [0.5, 0.6) is 11.5 Å². The van der Waals surface area contributed by atoms with Gasteiger partial charge in [-0.1, -0.05) is 50.3 Å². The lowest BCUT2D eigenvalue weighted by Gasteiger charge is -2.39. The third-order valence-corrected chi connectivity index (χ3v) is 13.9. The molecule has 2 aliphatic carbocycles. The van der Waals surface area contributed by atoms with Crippen LogP contribution in [-0.4, -0.2) is 73.4 Å². The Morgan fingerprint density at radius 3 is 2.55 bits per heavy atom. The van der Waals surface area contributed by atoms with Gasteiger partial charge in [-0.05, 0) is 106 Å². The summed E-state index contributed by atoms with van der Waals surface area (Å²) in [7, 11) is -4.53. The van der Waals surface area contributed by atoms with Crippen LogP contribution in [0.15, 0.2) is 89.1 Å². The number of carbonyl (C=O) groups is 1. The van der Waals surface area contributed by atoms with E-state index in [1.54, 1.807) is 41.6 Å². The normalized spacial score (nSPS) is 19.9. The van der Waals surface area contributed by atoms with E-state index in [0.717, 1.165) is 101 Å². The average molecular weight is 838 g/mol. The van der Waals surface area contributed by atoms with E-state index in [0.29, 0.717) is 35.2 Å². The number of H-pyrrole nitrogens is 1. The van der Waals surface area contributed by atoms with Gasteiger partial charge in [-0.3, -0.25) is 19.8 Å². The molecule has 4 aromatic rings. The lowest BCUT2D eigenvalue weighted by Crippen LogP contribution is -2.47. The van der Waals surface area contributed by atoms with Crippen LogP contribution >= 0.6 is 0 Å². The molecule has 2 aromatic heterocycles. The smallest absolute Gasteiger partial charge is 0.293 e. The number of hydrogen-bond donors (Lipinski definition) is 3. The van der Waals surface area contributed by atoms with Crippen LogP contribution in [0.4, 0.5) is 17.1 Å². The number of amides is 1. The highest BCUT2D eigenvalue weighted by Crippen LogP contribution is 2.41. The van der Waals surface area contributed by atoms with Gasteiger partial charge in [0.15, 0.2) is 0 Å². The molecular weight excluding hydrogens is 779 g/mol. The number of rotatable bonds is 15. The molecule has 0 radical (unpaired) electrons. The Hall–Kier alpha value is -5.21. The van der Waals surface area contributed by atoms with Crippen molar-refractivity contribution in [3.8, 4) is 11.5 Å². The summed E-state index contributed by atoms with van der Waals surface area (Å²) >= 11 is 0. The molecule has 320 valence electrons. The molecule has 1 aliphatic heterocycles. The third-order valence-electron chi connectivity index (χ3n) is 12.5. The molecule has 0 bridgehead atoms. The number of nitrogens with one attached hydrogen (secondary N) is 3. The van der Waals surface area contributed by atoms with E-state index in [1.165, 1.54) is 30.3 Å². The number of nitro groups is 1. The van der Waals surface area contributed by atoms with Crippen LogP contribution in [0.1, 0.15) is 95.8 Å². The molecule has 3 heterocycles. The van der Waals surface area contributed by atoms with Gasteiger partial charge in [0.05, 0.1) is 21.6 Å². The zero-order chi connectivity index (χ0) is 42.6. The molecule has 3 N–H and O–H groups in total. The molecular formula is C46H59N7O6S. The topological polar surface area (TPSA) is 163 Å². The minimum Gasteiger partial charge on any atom is -0.455 e. The van der Waals surface area contributed by atoms with Crippen LogP contribution in [-0.2, 0) is 10.0 Å². The number of nitrogens with zero attached hydrogens (tertiary/aromatic N) is 4. The molecule has 0 spiro atoms. The van der Waals surface area contributed by atoms with Crippen molar-refractivity contribution in [1.29, 1.82) is 0 Å². The SMILES string of the molecule is C=C(C)CCC1=C(CN2CCN(c3ccc(C(=O)NS(=O)(=O)c4ccc(NC[C@H]5CC[C@@H](C)CC5)c([N+](=O)[O-])c4)c(Oc4cnc5[nH]ccc5c4)c3)CC2)CCC(C)(C)C1. The molecule has 1 saturated carbocycles. The summed E-state index contributed by atoms with van der Waals surface area (Å²) in [6.45, 7) is 18.0. The van der Waals surface area contributed by atoms with Gasteiger partial charge in [-0.2, -0.15) is 0 Å². The van der Waals surface area contributed by atoms with E-state index < -0.39 is 25.7 Å². The monoisotopic (exact) mass is 837 g/mol. The predicted molar refractivity (Wildman–Crippen MR) is 237 cm³/mol. The number of sulfonamides is 1. The Morgan fingerprint density at radius 2 is 1.82 bits per heavy atom. The number of carbonyl (C=O) groups excluding carboxylic acids is 1. The molecule has 0 atom stereocenters. The van der Waals surface area contributed by atoms with Crippen LogP contribution < -0.4 is 19.7 Å². The highest BCUT2D eigenvalue weighted by molar-refractivity contribution is 7.90. The first kappa shape index (κ1) is 42.9. The minimum absolute atomic E-state index is 0.0147. The van der Waals surface area contributed by atoms with Gasteiger partial charge in [-0.15, -0.1) is 6.58 Å². The second-order valence-electron chi connectivity index (χ2n) is 18.0. The fraction of sp³-hybridized carbons (Fsp3) is 0.478. The van der Waals surface area contributed by atoms with Crippen LogP contribution in [0.25, 0.3) is 11.0 Å². The summed E-state index contributed by atoms with van der Waals surface area (Å²) in [5.41, 5.74) is 6.06. The standard InChI is InChI=1S/C46H59N7O6S/c1-31(2)6-11-35-27-46(4,5)18-16-36(35)30-51-20-22-52(23-21-51)37-12-14-40(43(25-37)59-38-24-34-17-19-47-44(34)49-29-38)45(54)50-60(57,58)39-13-15-41(42(26-39)53(55)56)48-28-33-9-7-32(3)8-10-33/h12-15,17,19,24-26,29,32-33,48H,1,6-11,16,18,20-23,27-28,30H2,2-5H3,(H,47,49)(H,50,54)/t32-,33+. The predicted octanol–water partition coefficient (Wildman–Crippen LogP) is 9.61. The van der Waals surface area contributed by atoms with Gasteiger partial charge >= 0.3 is 0 Å². The minimum atomic E-state index is -4.53. The first-order valence-corrected chi connectivity index (χ1v) is 22.8. The van der Waals surface area contributed by atoms with Crippen molar-refractivity contribution in [3.05, 3.63) is 99.9 Å². The Morgan fingerprint density at radius 1 is 1.05 bits per heavy atom. The van der Waals surface area contributed by atoms with E-state index in [4.69, 9.17) is 4.74 Å². The number of nitro benzene ring substituents is 1. The highest BCUT2D eigenvalue weighted by Gasteiger charge is 2.30. The summed E-state index contributed by atoms with van der Waals surface area (Å²) in [5.74, 6) is 0.656. The Bertz CT molecular complexity index is 2370. The van der Waals surface area contributed by atoms with Crippen molar-refractivity contribution >= 4 is 44.0 Å². The molecule has 2 aromatic carbocycles. The van der Waals surface area contributed by atoms with Crippen LogP contribution in [0.3, 0.4) is 0 Å².